The van der Waals surface area contributed by atoms with E-state index in [4.69, 9.17) is 0 Å². The van der Waals surface area contributed by atoms with Crippen molar-refractivity contribution in [2.75, 3.05) is 6.61 Å². The quantitative estimate of drug-likeness (QED) is 0.500. The molecule has 0 aliphatic carbocycles. The summed E-state index contributed by atoms with van der Waals surface area (Å²) >= 11 is 0. The molecule has 126 valence electrons. The van der Waals surface area contributed by atoms with Crippen LogP contribution in [0.2, 0.25) is 0 Å². The molecule has 8 heteroatoms. The zero-order valence-electron chi connectivity index (χ0n) is 13.2. The molecule has 0 bridgehead atoms. The van der Waals surface area contributed by atoms with E-state index >= 15 is 0 Å². The predicted molar refractivity (Wildman–Crippen MR) is 83.7 cm³/mol. The summed E-state index contributed by atoms with van der Waals surface area (Å²) in [6.07, 6.45) is 5.19. The standard InChI is InChI=1S/C15H22N4O4/c1-4-5-10(2)6-11(7-15(3,9-20)14(22)23)17-13(21)12-8-16-19-18-12/h4-5,8,11,20H,1,6-7,9H2,2-3H3,(H,17,21)(H,22,23)(H,16,18,19). The first kappa shape index (κ1) is 18.6. The highest BCUT2D eigenvalue weighted by molar-refractivity contribution is 5.92. The molecule has 1 heterocycles. The number of nitrogens with one attached hydrogen (secondary N) is 2. The number of H-pyrrole nitrogens is 1. The molecule has 0 aliphatic heterocycles. The first-order chi connectivity index (χ1) is 10.8. The molecular formula is C15H22N4O4. The minimum absolute atomic E-state index is 0.0742. The maximum absolute atomic E-state index is 12.1. The lowest BCUT2D eigenvalue weighted by atomic mass is 9.82. The van der Waals surface area contributed by atoms with Gasteiger partial charge in [0, 0.05) is 6.04 Å². The number of rotatable bonds is 9. The van der Waals surface area contributed by atoms with Crippen LogP contribution < -0.4 is 5.32 Å². The Bertz CT molecular complexity index is 582. The number of aliphatic hydroxyl groups excluding tert-OH is 1. The van der Waals surface area contributed by atoms with Gasteiger partial charge in [-0.1, -0.05) is 24.3 Å². The van der Waals surface area contributed by atoms with Crippen molar-refractivity contribution in [1.29, 1.82) is 0 Å². The Morgan fingerprint density at radius 2 is 2.26 bits per heavy atom. The second-order valence-corrected chi connectivity index (χ2v) is 5.71. The summed E-state index contributed by atoms with van der Waals surface area (Å²) in [5.41, 5.74) is -0.312. The van der Waals surface area contributed by atoms with E-state index in [9.17, 15) is 19.8 Å². The first-order valence-corrected chi connectivity index (χ1v) is 7.11. The number of aromatic nitrogens is 3. The second kappa shape index (κ2) is 8.23. The van der Waals surface area contributed by atoms with Gasteiger partial charge in [-0.3, -0.25) is 9.59 Å². The summed E-state index contributed by atoms with van der Waals surface area (Å²) < 4.78 is 0. The van der Waals surface area contributed by atoms with Crippen molar-refractivity contribution in [3.05, 3.63) is 36.2 Å². The Kier molecular flexibility index (Phi) is 6.65. The lowest BCUT2D eigenvalue weighted by Gasteiger charge is -2.28. The van der Waals surface area contributed by atoms with Crippen LogP contribution in [-0.4, -0.2) is 50.1 Å². The van der Waals surface area contributed by atoms with Crippen molar-refractivity contribution in [2.24, 2.45) is 5.41 Å². The number of amides is 1. The second-order valence-electron chi connectivity index (χ2n) is 5.71. The number of carbonyl (C=O) groups excluding carboxylic acids is 1. The third-order valence-corrected chi connectivity index (χ3v) is 3.52. The third-order valence-electron chi connectivity index (χ3n) is 3.52. The molecule has 0 aliphatic rings. The molecule has 0 radical (unpaired) electrons. The van der Waals surface area contributed by atoms with Gasteiger partial charge < -0.3 is 15.5 Å². The number of hydrogen-bond donors (Lipinski definition) is 4. The molecule has 1 aromatic heterocycles. The Morgan fingerprint density at radius 3 is 2.74 bits per heavy atom. The maximum atomic E-state index is 12.1. The lowest BCUT2D eigenvalue weighted by molar-refractivity contribution is -0.151. The largest absolute Gasteiger partial charge is 0.481 e. The van der Waals surface area contributed by atoms with Crippen LogP contribution in [0.15, 0.2) is 30.5 Å². The number of carboxylic acids is 1. The van der Waals surface area contributed by atoms with Gasteiger partial charge in [-0.25, -0.2) is 0 Å². The van der Waals surface area contributed by atoms with Gasteiger partial charge in [-0.2, -0.15) is 15.4 Å². The maximum Gasteiger partial charge on any atom is 0.311 e. The molecule has 1 amide bonds. The molecule has 0 fully saturated rings. The fourth-order valence-corrected chi connectivity index (χ4v) is 2.17. The predicted octanol–water partition coefficient (Wildman–Crippen LogP) is 0.899. The minimum Gasteiger partial charge on any atom is -0.481 e. The summed E-state index contributed by atoms with van der Waals surface area (Å²) in [6.45, 7) is 6.38. The van der Waals surface area contributed by atoms with Gasteiger partial charge in [0.25, 0.3) is 5.91 Å². The molecule has 0 saturated heterocycles. The number of nitrogens with zero attached hydrogens (tertiary/aromatic N) is 2. The van der Waals surface area contributed by atoms with Crippen molar-refractivity contribution in [3.63, 3.8) is 0 Å². The van der Waals surface area contributed by atoms with E-state index < -0.39 is 29.9 Å². The molecular weight excluding hydrogens is 300 g/mol. The molecule has 0 spiro atoms. The van der Waals surface area contributed by atoms with Crippen molar-refractivity contribution in [3.8, 4) is 0 Å². The number of allylic oxidation sites excluding steroid dienone is 2. The molecule has 4 N–H and O–H groups in total. The number of aliphatic hydroxyl groups is 1. The fraction of sp³-hybridized carbons (Fsp3) is 0.467. The van der Waals surface area contributed by atoms with Crippen LogP contribution in [0.25, 0.3) is 0 Å². The average Bonchev–Trinajstić information content (AvgIpc) is 3.01. The van der Waals surface area contributed by atoms with Gasteiger partial charge in [0.05, 0.1) is 18.2 Å². The number of aliphatic carboxylic acids is 1. The molecule has 1 aromatic rings. The summed E-state index contributed by atoms with van der Waals surface area (Å²) in [6, 6.07) is -0.483. The fourth-order valence-electron chi connectivity index (χ4n) is 2.17. The average molecular weight is 322 g/mol. The molecule has 0 saturated carbocycles. The van der Waals surface area contributed by atoms with Crippen LogP contribution in [-0.2, 0) is 4.79 Å². The topological polar surface area (TPSA) is 128 Å². The number of carboxylic acid groups (broad SMARTS) is 1. The summed E-state index contributed by atoms with van der Waals surface area (Å²) in [7, 11) is 0. The SMILES string of the molecule is C=CC=C(C)CC(CC(C)(CO)C(=O)O)NC(=O)c1cn[nH]n1. The van der Waals surface area contributed by atoms with E-state index in [0.29, 0.717) is 6.42 Å². The van der Waals surface area contributed by atoms with Gasteiger partial charge >= 0.3 is 5.97 Å². The van der Waals surface area contributed by atoms with Crippen LogP contribution in [0, 0.1) is 5.41 Å². The molecule has 2 atom stereocenters. The van der Waals surface area contributed by atoms with Gasteiger partial charge in [0.15, 0.2) is 5.69 Å². The Morgan fingerprint density at radius 1 is 1.57 bits per heavy atom. The number of hydrogen-bond acceptors (Lipinski definition) is 5. The van der Waals surface area contributed by atoms with Gasteiger partial charge in [0.1, 0.15) is 0 Å². The van der Waals surface area contributed by atoms with Gasteiger partial charge in [-0.15, -0.1) is 0 Å². The van der Waals surface area contributed by atoms with E-state index in [-0.39, 0.29) is 12.1 Å². The number of aromatic amines is 1. The Hall–Kier alpha value is -2.48. The van der Waals surface area contributed by atoms with Crippen molar-refractivity contribution < 1.29 is 19.8 Å². The Labute approximate surface area is 134 Å². The highest BCUT2D eigenvalue weighted by atomic mass is 16.4. The van der Waals surface area contributed by atoms with E-state index in [1.54, 1.807) is 12.2 Å². The highest BCUT2D eigenvalue weighted by Gasteiger charge is 2.36. The number of carbonyl (C=O) groups is 2. The summed E-state index contributed by atoms with van der Waals surface area (Å²) in [4.78, 5) is 23.5. The summed E-state index contributed by atoms with van der Waals surface area (Å²) in [5.74, 6) is -1.58. The van der Waals surface area contributed by atoms with Crippen molar-refractivity contribution in [1.82, 2.24) is 20.7 Å². The van der Waals surface area contributed by atoms with Crippen molar-refractivity contribution >= 4 is 11.9 Å². The molecule has 0 aromatic carbocycles. The third kappa shape index (κ3) is 5.33. The molecule has 2 unspecified atom stereocenters. The van der Waals surface area contributed by atoms with Crippen LogP contribution in [0.3, 0.4) is 0 Å². The molecule has 8 nitrogen and oxygen atoms in total. The van der Waals surface area contributed by atoms with Crippen LogP contribution in [0.5, 0.6) is 0 Å². The molecule has 23 heavy (non-hydrogen) atoms. The van der Waals surface area contributed by atoms with E-state index in [2.05, 4.69) is 27.3 Å². The summed E-state index contributed by atoms with van der Waals surface area (Å²) in [5, 5.41) is 31.1. The zero-order valence-corrected chi connectivity index (χ0v) is 13.2. The van der Waals surface area contributed by atoms with E-state index in [1.807, 2.05) is 6.92 Å². The monoisotopic (exact) mass is 322 g/mol. The van der Waals surface area contributed by atoms with E-state index in [1.165, 1.54) is 13.1 Å². The normalized spacial score (nSPS) is 15.5. The minimum atomic E-state index is -1.35. The Balaban J connectivity index is 2.92. The van der Waals surface area contributed by atoms with Crippen LogP contribution in [0.1, 0.15) is 37.2 Å². The van der Waals surface area contributed by atoms with Crippen LogP contribution in [0.4, 0.5) is 0 Å². The van der Waals surface area contributed by atoms with Crippen molar-refractivity contribution in [2.45, 2.75) is 32.7 Å². The zero-order chi connectivity index (χ0) is 17.5. The molecule has 1 rings (SSSR count). The van der Waals surface area contributed by atoms with Crippen LogP contribution >= 0.6 is 0 Å². The highest BCUT2D eigenvalue weighted by Crippen LogP contribution is 2.25. The smallest absolute Gasteiger partial charge is 0.311 e. The van der Waals surface area contributed by atoms with Gasteiger partial charge in [0.2, 0.25) is 0 Å². The van der Waals surface area contributed by atoms with Gasteiger partial charge in [-0.05, 0) is 26.7 Å². The lowest BCUT2D eigenvalue weighted by Crippen LogP contribution is -2.43. The first-order valence-electron chi connectivity index (χ1n) is 7.11. The van der Waals surface area contributed by atoms with E-state index in [0.717, 1.165) is 5.57 Å².